The van der Waals surface area contributed by atoms with E-state index in [-0.39, 0.29) is 0 Å². The minimum absolute atomic E-state index is 0.740. The zero-order chi connectivity index (χ0) is 14.2. The highest BCUT2D eigenvalue weighted by atomic mass is 16.5. The van der Waals surface area contributed by atoms with Crippen molar-refractivity contribution in [1.29, 1.82) is 0 Å². The standard InChI is InChI=1S/C16H14N4O/c1-11-18-9-12(10-19-11)16-17-6-7-20(16)14-3-2-4-15-13(14)5-8-21-15/h2-4,6-7,9-10H,5,8H2,1H3. The van der Waals surface area contributed by atoms with Gasteiger partial charge in [0, 0.05) is 36.8 Å². The molecule has 0 amide bonds. The Bertz CT molecular complexity index is 792. The Balaban J connectivity index is 1.86. The van der Waals surface area contributed by atoms with Crippen LogP contribution in [0, 0.1) is 6.92 Å². The molecule has 5 nitrogen and oxygen atoms in total. The molecule has 3 heterocycles. The molecule has 5 heteroatoms. The molecule has 3 aromatic rings. The molecular weight excluding hydrogens is 264 g/mol. The molecule has 0 atom stereocenters. The second-order valence-electron chi connectivity index (χ2n) is 4.99. The van der Waals surface area contributed by atoms with Crippen LogP contribution in [-0.4, -0.2) is 26.1 Å². The van der Waals surface area contributed by atoms with E-state index in [1.54, 1.807) is 18.6 Å². The first kappa shape index (κ1) is 12.1. The van der Waals surface area contributed by atoms with Crippen LogP contribution in [-0.2, 0) is 6.42 Å². The van der Waals surface area contributed by atoms with Crippen LogP contribution in [0.15, 0.2) is 43.0 Å². The number of aryl methyl sites for hydroxylation is 1. The Morgan fingerprint density at radius 1 is 1.14 bits per heavy atom. The number of aromatic nitrogens is 4. The summed E-state index contributed by atoms with van der Waals surface area (Å²) in [5.74, 6) is 2.56. The molecule has 2 aromatic heterocycles. The zero-order valence-corrected chi connectivity index (χ0v) is 11.7. The van der Waals surface area contributed by atoms with Gasteiger partial charge in [-0.1, -0.05) is 6.07 Å². The van der Waals surface area contributed by atoms with Crippen LogP contribution in [0.2, 0.25) is 0 Å². The molecule has 0 bridgehead atoms. The molecule has 1 aliphatic rings. The average molecular weight is 278 g/mol. The molecule has 0 saturated carbocycles. The molecule has 0 spiro atoms. The monoisotopic (exact) mass is 278 g/mol. The lowest BCUT2D eigenvalue weighted by Crippen LogP contribution is -2.00. The lowest BCUT2D eigenvalue weighted by atomic mass is 10.1. The van der Waals surface area contributed by atoms with Gasteiger partial charge in [-0.25, -0.2) is 15.0 Å². The van der Waals surface area contributed by atoms with E-state index in [9.17, 15) is 0 Å². The van der Waals surface area contributed by atoms with E-state index in [1.807, 2.05) is 25.3 Å². The Hall–Kier alpha value is -2.69. The van der Waals surface area contributed by atoms with E-state index < -0.39 is 0 Å². The number of fused-ring (bicyclic) bond motifs is 1. The van der Waals surface area contributed by atoms with Crippen molar-refractivity contribution in [3.05, 3.63) is 54.4 Å². The largest absolute Gasteiger partial charge is 0.493 e. The molecule has 0 aliphatic carbocycles. The fourth-order valence-electron chi connectivity index (χ4n) is 2.65. The average Bonchev–Trinajstić information content (AvgIpc) is 3.16. The van der Waals surface area contributed by atoms with Gasteiger partial charge in [0.1, 0.15) is 17.4 Å². The van der Waals surface area contributed by atoms with Crippen molar-refractivity contribution in [3.63, 3.8) is 0 Å². The highest BCUT2D eigenvalue weighted by Gasteiger charge is 2.18. The molecule has 0 radical (unpaired) electrons. The molecule has 0 fully saturated rings. The third kappa shape index (κ3) is 1.98. The van der Waals surface area contributed by atoms with E-state index in [0.29, 0.717) is 0 Å². The van der Waals surface area contributed by atoms with Crippen molar-refractivity contribution < 1.29 is 4.74 Å². The van der Waals surface area contributed by atoms with Gasteiger partial charge in [-0.15, -0.1) is 0 Å². The van der Waals surface area contributed by atoms with Crippen LogP contribution in [0.1, 0.15) is 11.4 Å². The summed E-state index contributed by atoms with van der Waals surface area (Å²) in [5.41, 5.74) is 3.24. The molecule has 1 aromatic carbocycles. The minimum atomic E-state index is 0.740. The van der Waals surface area contributed by atoms with Gasteiger partial charge in [-0.2, -0.15) is 0 Å². The molecule has 1 aliphatic heterocycles. The van der Waals surface area contributed by atoms with E-state index >= 15 is 0 Å². The van der Waals surface area contributed by atoms with Crippen molar-refractivity contribution >= 4 is 0 Å². The second-order valence-corrected chi connectivity index (χ2v) is 4.99. The van der Waals surface area contributed by atoms with Gasteiger partial charge in [0.15, 0.2) is 0 Å². The van der Waals surface area contributed by atoms with Crippen LogP contribution in [0.3, 0.4) is 0 Å². The summed E-state index contributed by atoms with van der Waals surface area (Å²) in [7, 11) is 0. The fourth-order valence-corrected chi connectivity index (χ4v) is 2.65. The van der Waals surface area contributed by atoms with Crippen molar-refractivity contribution in [1.82, 2.24) is 19.5 Å². The third-order valence-corrected chi connectivity index (χ3v) is 3.66. The first-order valence-corrected chi connectivity index (χ1v) is 6.90. The zero-order valence-electron chi connectivity index (χ0n) is 11.7. The Labute approximate surface area is 122 Å². The van der Waals surface area contributed by atoms with Gasteiger partial charge in [0.25, 0.3) is 0 Å². The van der Waals surface area contributed by atoms with Crippen molar-refractivity contribution in [2.75, 3.05) is 6.61 Å². The SMILES string of the molecule is Cc1ncc(-c2nccn2-c2cccc3c2CCO3)cn1. The predicted octanol–water partition coefficient (Wildman–Crippen LogP) is 2.57. The number of hydrogen-bond acceptors (Lipinski definition) is 4. The summed E-state index contributed by atoms with van der Waals surface area (Å²) in [4.78, 5) is 13.0. The Kier molecular flexibility index (Phi) is 2.70. The smallest absolute Gasteiger partial charge is 0.147 e. The normalized spacial score (nSPS) is 13.0. The lowest BCUT2D eigenvalue weighted by molar-refractivity contribution is 0.357. The molecule has 21 heavy (non-hydrogen) atoms. The van der Waals surface area contributed by atoms with Gasteiger partial charge in [-0.3, -0.25) is 4.57 Å². The number of ether oxygens (including phenoxy) is 1. The molecule has 104 valence electrons. The van der Waals surface area contributed by atoms with E-state index in [1.165, 1.54) is 5.56 Å². The van der Waals surface area contributed by atoms with Crippen molar-refractivity contribution in [3.8, 4) is 22.8 Å². The van der Waals surface area contributed by atoms with Crippen LogP contribution in [0.25, 0.3) is 17.1 Å². The summed E-state index contributed by atoms with van der Waals surface area (Å²) >= 11 is 0. The summed E-state index contributed by atoms with van der Waals surface area (Å²) in [6, 6.07) is 6.11. The highest BCUT2D eigenvalue weighted by Crippen LogP contribution is 2.32. The van der Waals surface area contributed by atoms with E-state index in [2.05, 4.69) is 25.6 Å². The highest BCUT2D eigenvalue weighted by molar-refractivity contribution is 5.60. The topological polar surface area (TPSA) is 52.8 Å². The first-order valence-electron chi connectivity index (χ1n) is 6.90. The molecule has 0 unspecified atom stereocenters. The maximum Gasteiger partial charge on any atom is 0.147 e. The summed E-state index contributed by atoms with van der Waals surface area (Å²) in [6.45, 7) is 2.61. The maximum atomic E-state index is 5.64. The number of nitrogens with zero attached hydrogens (tertiary/aromatic N) is 4. The predicted molar refractivity (Wildman–Crippen MR) is 78.5 cm³/mol. The van der Waals surface area contributed by atoms with Gasteiger partial charge >= 0.3 is 0 Å². The number of imidazole rings is 1. The molecular formula is C16H14N4O. The first-order chi connectivity index (χ1) is 10.3. The van der Waals surface area contributed by atoms with Crippen LogP contribution >= 0.6 is 0 Å². The molecule has 0 saturated heterocycles. The third-order valence-electron chi connectivity index (χ3n) is 3.66. The molecule has 0 N–H and O–H groups in total. The molecule has 4 rings (SSSR count). The van der Waals surface area contributed by atoms with Gasteiger partial charge < -0.3 is 4.74 Å². The van der Waals surface area contributed by atoms with E-state index in [0.717, 1.165) is 41.7 Å². The Morgan fingerprint density at radius 2 is 2.00 bits per heavy atom. The number of hydrogen-bond donors (Lipinski definition) is 0. The number of rotatable bonds is 2. The minimum Gasteiger partial charge on any atom is -0.493 e. The lowest BCUT2D eigenvalue weighted by Gasteiger charge is -2.11. The van der Waals surface area contributed by atoms with E-state index in [4.69, 9.17) is 4.74 Å². The van der Waals surface area contributed by atoms with Crippen LogP contribution in [0.4, 0.5) is 0 Å². The van der Waals surface area contributed by atoms with Crippen LogP contribution in [0.5, 0.6) is 5.75 Å². The van der Waals surface area contributed by atoms with Crippen molar-refractivity contribution in [2.24, 2.45) is 0 Å². The second kappa shape index (κ2) is 4.70. The summed E-state index contributed by atoms with van der Waals surface area (Å²) < 4.78 is 7.71. The van der Waals surface area contributed by atoms with Crippen LogP contribution < -0.4 is 4.74 Å². The van der Waals surface area contributed by atoms with Crippen molar-refractivity contribution in [2.45, 2.75) is 13.3 Å². The van der Waals surface area contributed by atoms with Gasteiger partial charge in [0.2, 0.25) is 0 Å². The van der Waals surface area contributed by atoms with Gasteiger partial charge in [-0.05, 0) is 19.1 Å². The summed E-state index contributed by atoms with van der Waals surface area (Å²) in [6.07, 6.45) is 8.29. The summed E-state index contributed by atoms with van der Waals surface area (Å²) in [5, 5.41) is 0. The Morgan fingerprint density at radius 3 is 2.86 bits per heavy atom. The van der Waals surface area contributed by atoms with Gasteiger partial charge in [0.05, 0.1) is 17.9 Å². The maximum absolute atomic E-state index is 5.64. The quantitative estimate of drug-likeness (QED) is 0.723. The number of benzene rings is 1. The fraction of sp³-hybridized carbons (Fsp3) is 0.188.